The van der Waals surface area contributed by atoms with E-state index in [0.29, 0.717) is 11.1 Å². The van der Waals surface area contributed by atoms with E-state index in [0.717, 1.165) is 0 Å². The smallest absolute Gasteiger partial charge is 0.304 e. The van der Waals surface area contributed by atoms with E-state index in [1.807, 2.05) is 0 Å². The molecule has 0 heterocycles. The normalized spacial score (nSPS) is 15.7. The molecule has 0 aromatic heterocycles. The van der Waals surface area contributed by atoms with Gasteiger partial charge in [0.05, 0.1) is 0 Å². The monoisotopic (exact) mass is 328 g/mol. The van der Waals surface area contributed by atoms with Gasteiger partial charge < -0.3 is 9.47 Å². The van der Waals surface area contributed by atoms with E-state index in [1.54, 1.807) is 60.7 Å². The molecule has 126 valence electrons. The van der Waals surface area contributed by atoms with Crippen LogP contribution < -0.4 is 11.5 Å². The molecule has 6 heteroatoms. The van der Waals surface area contributed by atoms with Crippen molar-refractivity contribution in [3.8, 4) is 0 Å². The fourth-order valence-electron chi connectivity index (χ4n) is 2.52. The first-order valence-electron chi connectivity index (χ1n) is 7.37. The lowest BCUT2D eigenvalue weighted by Crippen LogP contribution is -2.65. The molecule has 2 atom stereocenters. The Kier molecular flexibility index (Phi) is 5.02. The topological polar surface area (TPSA) is 105 Å². The van der Waals surface area contributed by atoms with E-state index in [9.17, 15) is 9.59 Å². The molecule has 0 saturated carbocycles. The Morgan fingerprint density at radius 2 is 1.00 bits per heavy atom. The predicted molar refractivity (Wildman–Crippen MR) is 88.1 cm³/mol. The number of hydrogen-bond acceptors (Lipinski definition) is 6. The lowest BCUT2D eigenvalue weighted by atomic mass is 9.86. The second-order valence-corrected chi connectivity index (χ2v) is 5.39. The molecule has 0 aliphatic carbocycles. The van der Waals surface area contributed by atoms with Crippen molar-refractivity contribution in [3.63, 3.8) is 0 Å². The molecule has 4 N–H and O–H groups in total. The zero-order valence-electron chi connectivity index (χ0n) is 13.6. The molecule has 0 fully saturated rings. The molecule has 24 heavy (non-hydrogen) atoms. The number of ether oxygens (including phenoxy) is 2. The molecule has 2 aromatic rings. The maximum absolute atomic E-state index is 11.7. The van der Waals surface area contributed by atoms with Gasteiger partial charge in [-0.05, 0) is 0 Å². The Morgan fingerprint density at radius 1 is 0.708 bits per heavy atom. The van der Waals surface area contributed by atoms with Crippen LogP contribution in [-0.2, 0) is 30.5 Å². The van der Waals surface area contributed by atoms with Gasteiger partial charge in [-0.15, -0.1) is 0 Å². The van der Waals surface area contributed by atoms with Crippen molar-refractivity contribution < 1.29 is 19.1 Å². The van der Waals surface area contributed by atoms with Crippen LogP contribution in [0.2, 0.25) is 0 Å². The highest BCUT2D eigenvalue weighted by Crippen LogP contribution is 2.39. The van der Waals surface area contributed by atoms with E-state index >= 15 is 0 Å². The summed E-state index contributed by atoms with van der Waals surface area (Å²) in [6.45, 7) is 2.42. The number of nitrogens with two attached hydrogens (primary N) is 2. The first kappa shape index (κ1) is 17.7. The largest absolute Gasteiger partial charge is 0.434 e. The van der Waals surface area contributed by atoms with Gasteiger partial charge in [0.25, 0.3) is 0 Å². The van der Waals surface area contributed by atoms with Gasteiger partial charge in [-0.1, -0.05) is 60.7 Å². The minimum atomic E-state index is -1.91. The number of carbonyl (C=O) groups excluding carboxylic acids is 2. The number of rotatable bonds is 5. The lowest BCUT2D eigenvalue weighted by Gasteiger charge is -2.43. The van der Waals surface area contributed by atoms with Gasteiger partial charge in [0, 0.05) is 25.0 Å². The van der Waals surface area contributed by atoms with Gasteiger partial charge in [-0.25, -0.2) is 0 Å². The van der Waals surface area contributed by atoms with Crippen LogP contribution in [0.25, 0.3) is 0 Å². The van der Waals surface area contributed by atoms with Crippen LogP contribution >= 0.6 is 0 Å². The molecular formula is C18H20N2O4. The molecule has 0 aliphatic rings. The van der Waals surface area contributed by atoms with Crippen molar-refractivity contribution in [3.05, 3.63) is 71.8 Å². The van der Waals surface area contributed by atoms with Crippen molar-refractivity contribution in [1.82, 2.24) is 0 Å². The summed E-state index contributed by atoms with van der Waals surface area (Å²) in [5.74, 6) is -1.31. The minimum Gasteiger partial charge on any atom is -0.434 e. The molecule has 6 nitrogen and oxygen atoms in total. The summed E-state index contributed by atoms with van der Waals surface area (Å²) in [4.78, 5) is 23.4. The fourth-order valence-corrected chi connectivity index (χ4v) is 2.52. The summed E-state index contributed by atoms with van der Waals surface area (Å²) in [5, 5.41) is 0. The highest BCUT2D eigenvalue weighted by Gasteiger charge is 2.55. The Hall–Kier alpha value is -2.70. The zero-order chi connectivity index (χ0) is 17.8. The highest BCUT2D eigenvalue weighted by atomic mass is 16.6. The molecule has 0 unspecified atom stereocenters. The number of carbonyl (C=O) groups is 2. The third kappa shape index (κ3) is 3.29. The molecule has 0 radical (unpaired) electrons. The van der Waals surface area contributed by atoms with E-state index in [-0.39, 0.29) is 0 Å². The fraction of sp³-hybridized carbons (Fsp3) is 0.222. The quantitative estimate of drug-likeness (QED) is 0.640. The number of hydrogen-bond donors (Lipinski definition) is 2. The Balaban J connectivity index is 2.70. The molecular weight excluding hydrogens is 308 g/mol. The van der Waals surface area contributed by atoms with Crippen molar-refractivity contribution in [2.24, 2.45) is 11.5 Å². The van der Waals surface area contributed by atoms with E-state index in [2.05, 4.69) is 0 Å². The molecule has 0 spiro atoms. The molecule has 2 aromatic carbocycles. The maximum Gasteiger partial charge on any atom is 0.304 e. The minimum absolute atomic E-state index is 0.396. The average Bonchev–Trinajstić information content (AvgIpc) is 2.55. The van der Waals surface area contributed by atoms with Gasteiger partial charge in [-0.3, -0.25) is 21.1 Å². The van der Waals surface area contributed by atoms with E-state index in [1.165, 1.54) is 13.8 Å². The molecule has 2 rings (SSSR count). The van der Waals surface area contributed by atoms with Crippen molar-refractivity contribution in [2.45, 2.75) is 25.3 Å². The Labute approximate surface area is 140 Å². The van der Waals surface area contributed by atoms with Crippen LogP contribution in [0.4, 0.5) is 0 Å². The van der Waals surface area contributed by atoms with Crippen molar-refractivity contribution in [1.29, 1.82) is 0 Å². The highest BCUT2D eigenvalue weighted by molar-refractivity contribution is 5.69. The number of esters is 2. The third-order valence-corrected chi connectivity index (χ3v) is 3.57. The van der Waals surface area contributed by atoms with Crippen molar-refractivity contribution >= 4 is 11.9 Å². The van der Waals surface area contributed by atoms with E-state index in [4.69, 9.17) is 20.9 Å². The van der Waals surface area contributed by atoms with Crippen LogP contribution in [0, 0.1) is 0 Å². The molecule has 0 bridgehead atoms. The second-order valence-electron chi connectivity index (χ2n) is 5.39. The maximum atomic E-state index is 11.7. The summed E-state index contributed by atoms with van der Waals surface area (Å²) < 4.78 is 10.8. The van der Waals surface area contributed by atoms with Gasteiger partial charge in [0.1, 0.15) is 0 Å². The lowest BCUT2D eigenvalue weighted by molar-refractivity contribution is -0.219. The molecule has 0 saturated heterocycles. The van der Waals surface area contributed by atoms with Gasteiger partial charge in [0.2, 0.25) is 11.4 Å². The average molecular weight is 328 g/mol. The van der Waals surface area contributed by atoms with Crippen molar-refractivity contribution in [2.75, 3.05) is 0 Å². The second kappa shape index (κ2) is 6.82. The predicted octanol–water partition coefficient (Wildman–Crippen LogP) is 1.74. The first-order valence-corrected chi connectivity index (χ1v) is 7.37. The standard InChI is InChI=1S/C18H20N2O4/c1-13(21)23-17(19,15-9-5-3-6-10-15)18(20,24-14(2)22)16-11-7-4-8-12-16/h3-12H,19-20H2,1-2H3/t17-,18+. The van der Waals surface area contributed by atoms with Crippen LogP contribution in [0.5, 0.6) is 0 Å². The van der Waals surface area contributed by atoms with Gasteiger partial charge in [-0.2, -0.15) is 0 Å². The summed E-state index contributed by atoms with van der Waals surface area (Å²) in [7, 11) is 0. The number of benzene rings is 2. The molecule has 0 aliphatic heterocycles. The van der Waals surface area contributed by atoms with Gasteiger partial charge in [0.15, 0.2) is 0 Å². The third-order valence-electron chi connectivity index (χ3n) is 3.57. The summed E-state index contributed by atoms with van der Waals surface area (Å²) in [6, 6.07) is 17.1. The van der Waals surface area contributed by atoms with Crippen LogP contribution in [0.15, 0.2) is 60.7 Å². The Bertz CT molecular complexity index is 657. The summed E-state index contributed by atoms with van der Waals surface area (Å²) in [6.07, 6.45) is 0. The first-order chi connectivity index (χ1) is 11.3. The summed E-state index contributed by atoms with van der Waals surface area (Å²) >= 11 is 0. The van der Waals surface area contributed by atoms with Crippen LogP contribution in [-0.4, -0.2) is 11.9 Å². The van der Waals surface area contributed by atoms with Crippen LogP contribution in [0.3, 0.4) is 0 Å². The van der Waals surface area contributed by atoms with Crippen LogP contribution in [0.1, 0.15) is 25.0 Å². The molecule has 0 amide bonds. The summed E-state index contributed by atoms with van der Waals surface area (Å²) in [5.41, 5.74) is 9.84. The SMILES string of the molecule is CC(=O)O[C@@](N)(c1ccccc1)[C@](N)(OC(C)=O)c1ccccc1. The zero-order valence-corrected chi connectivity index (χ0v) is 13.6. The Morgan fingerprint density at radius 3 is 1.25 bits per heavy atom. The van der Waals surface area contributed by atoms with Gasteiger partial charge >= 0.3 is 11.9 Å². The van der Waals surface area contributed by atoms with E-state index < -0.39 is 23.4 Å².